The minimum Gasteiger partial charge on any atom is -0.493 e. The van der Waals surface area contributed by atoms with Crippen LogP contribution < -0.4 is 21.8 Å². The highest BCUT2D eigenvalue weighted by Crippen LogP contribution is 2.22. The molecule has 136 valence electrons. The summed E-state index contributed by atoms with van der Waals surface area (Å²) in [5.41, 5.74) is 0.664. The molecule has 11 heteroatoms. The van der Waals surface area contributed by atoms with E-state index in [1.54, 1.807) is 12.3 Å². The summed E-state index contributed by atoms with van der Waals surface area (Å²) in [4.78, 5) is 29.5. The second-order valence-electron chi connectivity index (χ2n) is 6.03. The lowest BCUT2D eigenvalue weighted by molar-refractivity contribution is 0.292. The van der Waals surface area contributed by atoms with Crippen molar-refractivity contribution < 1.29 is 10.2 Å². The van der Waals surface area contributed by atoms with Crippen molar-refractivity contribution in [1.29, 1.82) is 0 Å². The van der Waals surface area contributed by atoms with E-state index in [-0.39, 0.29) is 24.2 Å². The lowest BCUT2D eigenvalue weighted by Gasteiger charge is -2.04. The topological polar surface area (TPSA) is 157 Å². The van der Waals surface area contributed by atoms with Crippen LogP contribution in [0.2, 0.25) is 0 Å². The van der Waals surface area contributed by atoms with Gasteiger partial charge in [0.2, 0.25) is 11.8 Å². The third kappa shape index (κ3) is 3.28. The number of anilines is 1. The molecule has 3 aromatic rings. The van der Waals surface area contributed by atoms with Crippen molar-refractivity contribution in [2.24, 2.45) is 4.99 Å². The van der Waals surface area contributed by atoms with E-state index in [4.69, 9.17) is 5.11 Å². The van der Waals surface area contributed by atoms with Gasteiger partial charge < -0.3 is 20.5 Å². The Morgan fingerprint density at radius 3 is 2.92 bits per heavy atom. The number of aliphatic hydroxyl groups excluding tert-OH is 1. The smallest absolute Gasteiger partial charge is 0.326 e. The van der Waals surface area contributed by atoms with Gasteiger partial charge in [-0.15, -0.1) is 0 Å². The van der Waals surface area contributed by atoms with Gasteiger partial charge in [0.25, 0.3) is 5.62 Å². The summed E-state index contributed by atoms with van der Waals surface area (Å²) in [6.45, 7) is 0.592. The summed E-state index contributed by atoms with van der Waals surface area (Å²) in [5.74, 6) is 0.125. The number of imidazole rings is 1. The normalized spacial score (nSPS) is 15.9. The lowest BCUT2D eigenvalue weighted by atomic mass is 10.3. The van der Waals surface area contributed by atoms with E-state index in [1.807, 2.05) is 0 Å². The summed E-state index contributed by atoms with van der Waals surface area (Å²) in [5, 5.41) is 26.6. The van der Waals surface area contributed by atoms with Gasteiger partial charge in [-0.3, -0.25) is 4.98 Å². The summed E-state index contributed by atoms with van der Waals surface area (Å²) in [6.07, 6.45) is 5.76. The van der Waals surface area contributed by atoms with Crippen LogP contribution in [0.4, 0.5) is 5.95 Å². The van der Waals surface area contributed by atoms with Crippen molar-refractivity contribution >= 4 is 17.7 Å². The van der Waals surface area contributed by atoms with Crippen molar-refractivity contribution in [3.63, 3.8) is 0 Å². The second-order valence-corrected chi connectivity index (χ2v) is 6.03. The molecule has 11 nitrogen and oxygen atoms in total. The lowest BCUT2D eigenvalue weighted by Crippen LogP contribution is -2.25. The molecule has 26 heavy (non-hydrogen) atoms. The number of hydrogen-bond donors (Lipinski definition) is 5. The van der Waals surface area contributed by atoms with E-state index in [2.05, 4.69) is 35.3 Å². The molecule has 0 radical (unpaired) electrons. The summed E-state index contributed by atoms with van der Waals surface area (Å²) >= 11 is 0. The first-order valence-electron chi connectivity index (χ1n) is 8.31. The highest BCUT2D eigenvalue weighted by Gasteiger charge is 2.20. The first-order chi connectivity index (χ1) is 12.6. The molecule has 5 N–H and O–H groups in total. The largest absolute Gasteiger partial charge is 0.493 e. The number of fused-ring (bicyclic) bond motifs is 1. The number of aromatic nitrogens is 6. The Morgan fingerprint density at radius 1 is 1.38 bits per heavy atom. The fraction of sp³-hybridized carbons (Fsp3) is 0.400. The van der Waals surface area contributed by atoms with Gasteiger partial charge in [-0.05, 0) is 25.3 Å². The van der Waals surface area contributed by atoms with Crippen LogP contribution in [0.1, 0.15) is 25.0 Å². The number of H-pyrrole nitrogens is 2. The van der Waals surface area contributed by atoms with Crippen LogP contribution in [0.3, 0.4) is 0 Å². The molecule has 1 fully saturated rings. The molecule has 0 spiro atoms. The molecular weight excluding hydrogens is 340 g/mol. The fourth-order valence-electron chi connectivity index (χ4n) is 2.44. The van der Waals surface area contributed by atoms with Crippen LogP contribution in [0.25, 0.3) is 11.7 Å². The zero-order valence-corrected chi connectivity index (χ0v) is 13.8. The van der Waals surface area contributed by atoms with E-state index in [0.29, 0.717) is 35.4 Å². The van der Waals surface area contributed by atoms with Crippen LogP contribution in [0.15, 0.2) is 16.0 Å². The summed E-state index contributed by atoms with van der Waals surface area (Å²) in [6, 6.07) is 0.250. The van der Waals surface area contributed by atoms with Crippen molar-refractivity contribution in [1.82, 2.24) is 29.5 Å². The number of nitrogens with one attached hydrogen (secondary N) is 3. The number of aromatic hydroxyl groups is 1. The first kappa shape index (κ1) is 16.3. The zero-order valence-electron chi connectivity index (χ0n) is 13.8. The molecule has 3 heterocycles. The molecule has 0 bridgehead atoms. The number of hydrogen-bond acceptors (Lipinski definition) is 8. The minimum atomic E-state index is -0.504. The highest BCUT2D eigenvalue weighted by atomic mass is 16.3. The monoisotopic (exact) mass is 358 g/mol. The molecule has 1 aliphatic rings. The van der Waals surface area contributed by atoms with Crippen LogP contribution in [-0.4, -0.2) is 59.0 Å². The van der Waals surface area contributed by atoms with Gasteiger partial charge in [0, 0.05) is 18.4 Å². The summed E-state index contributed by atoms with van der Waals surface area (Å²) < 4.78 is 1.53. The predicted octanol–water partition coefficient (Wildman–Crippen LogP) is -1.75. The van der Waals surface area contributed by atoms with Gasteiger partial charge in [0.05, 0.1) is 12.2 Å². The Hall–Kier alpha value is -3.21. The van der Waals surface area contributed by atoms with Gasteiger partial charge in [-0.1, -0.05) is 0 Å². The summed E-state index contributed by atoms with van der Waals surface area (Å²) in [7, 11) is 0. The molecule has 0 aliphatic heterocycles. The van der Waals surface area contributed by atoms with Crippen LogP contribution >= 0.6 is 0 Å². The number of nitrogens with zero attached hydrogens (tertiary/aromatic N) is 5. The molecule has 1 aliphatic carbocycles. The van der Waals surface area contributed by atoms with Crippen molar-refractivity contribution in [2.75, 3.05) is 18.5 Å². The van der Waals surface area contributed by atoms with E-state index in [0.717, 1.165) is 12.8 Å². The Morgan fingerprint density at radius 2 is 2.23 bits per heavy atom. The van der Waals surface area contributed by atoms with Crippen LogP contribution in [-0.2, 0) is 0 Å². The average Bonchev–Trinajstić information content (AvgIpc) is 3.24. The molecule has 0 saturated heterocycles. The molecular formula is C15H18N8O3. The molecule has 4 rings (SSSR count). The average molecular weight is 358 g/mol. The van der Waals surface area contributed by atoms with Gasteiger partial charge in [-0.2, -0.15) is 19.6 Å². The molecule has 0 amide bonds. The van der Waals surface area contributed by atoms with Crippen molar-refractivity contribution in [3.05, 3.63) is 33.2 Å². The Balaban J connectivity index is 1.85. The van der Waals surface area contributed by atoms with Crippen LogP contribution in [0.5, 0.6) is 5.88 Å². The van der Waals surface area contributed by atoms with Gasteiger partial charge in [-0.25, -0.2) is 9.79 Å². The quantitative estimate of drug-likeness (QED) is 0.327. The highest BCUT2D eigenvalue weighted by molar-refractivity contribution is 5.57. The van der Waals surface area contributed by atoms with E-state index >= 15 is 0 Å². The molecule has 0 aromatic carbocycles. The van der Waals surface area contributed by atoms with E-state index in [1.165, 1.54) is 4.52 Å². The Kier molecular flexibility index (Phi) is 4.13. The van der Waals surface area contributed by atoms with E-state index < -0.39 is 5.69 Å². The third-order valence-corrected chi connectivity index (χ3v) is 3.88. The molecule has 3 aromatic heterocycles. The Bertz CT molecular complexity index is 1110. The zero-order chi connectivity index (χ0) is 18.1. The van der Waals surface area contributed by atoms with E-state index in [9.17, 15) is 9.90 Å². The SMILES string of the molecule is O=c1[nH]c(O)c(/C=c2/cnn3c(=NC4CC4)nc(NCCCO)nc23)[nH]1. The van der Waals surface area contributed by atoms with Gasteiger partial charge in [0.1, 0.15) is 5.69 Å². The maximum absolute atomic E-state index is 11.3. The van der Waals surface area contributed by atoms with Crippen molar-refractivity contribution in [2.45, 2.75) is 25.3 Å². The molecule has 1 saturated carbocycles. The number of aliphatic hydroxyl groups is 1. The fourth-order valence-corrected chi connectivity index (χ4v) is 2.44. The maximum atomic E-state index is 11.3. The maximum Gasteiger partial charge on any atom is 0.326 e. The van der Waals surface area contributed by atoms with Gasteiger partial charge in [0.15, 0.2) is 5.65 Å². The standard InChI is InChI=1S/C15H18N8O3/c24-5-1-4-16-13-20-11-8(6-10-12(25)21-15(26)19-10)7-17-23(11)14(22-13)18-9-2-3-9/h6-7,9,24-25H,1-5H2,(H,16,18,22)(H2,19,21,26)/b8-6-. The molecule has 0 atom stereocenters. The predicted molar refractivity (Wildman–Crippen MR) is 91.4 cm³/mol. The minimum absolute atomic E-state index is 0.0698. The second kappa shape index (κ2) is 6.59. The third-order valence-electron chi connectivity index (χ3n) is 3.88. The van der Waals surface area contributed by atoms with Crippen LogP contribution in [0, 0.1) is 0 Å². The number of aromatic amines is 2. The first-order valence-corrected chi connectivity index (χ1v) is 8.31. The molecule has 0 unspecified atom stereocenters. The number of rotatable bonds is 6. The van der Waals surface area contributed by atoms with Gasteiger partial charge >= 0.3 is 5.69 Å². The Labute approximate surface area is 146 Å². The van der Waals surface area contributed by atoms with Crippen molar-refractivity contribution in [3.8, 4) is 5.88 Å².